The van der Waals surface area contributed by atoms with E-state index in [0.717, 1.165) is 26.2 Å². The molecular weight excluding hydrogens is 626 g/mol. The molecule has 13 nitrogen and oxygen atoms in total. The van der Waals surface area contributed by atoms with Crippen molar-refractivity contribution in [2.24, 2.45) is 5.41 Å². The van der Waals surface area contributed by atoms with Crippen LogP contribution in [-0.2, 0) is 20.9 Å². The number of nitrogens with one attached hydrogen (secondary N) is 2. The number of carbonyl (C=O) groups excluding carboxylic acids is 3. The lowest BCUT2D eigenvalue weighted by molar-refractivity contribution is -0.138. The third kappa shape index (κ3) is 11.5. The van der Waals surface area contributed by atoms with Crippen LogP contribution in [0.5, 0.6) is 0 Å². The summed E-state index contributed by atoms with van der Waals surface area (Å²) in [7, 11) is 2.10. The van der Waals surface area contributed by atoms with Crippen molar-refractivity contribution in [3.8, 4) is 0 Å². The molecule has 3 amide bonds. The Morgan fingerprint density at radius 2 is 1.63 bits per heavy atom. The average Bonchev–Trinajstić information content (AvgIpc) is 2.96. The molecule has 49 heavy (non-hydrogen) atoms. The summed E-state index contributed by atoms with van der Waals surface area (Å²) in [6.07, 6.45) is 2.85. The number of hydrogen-bond acceptors (Lipinski definition) is 9. The predicted octanol–water partition coefficient (Wildman–Crippen LogP) is 3.44. The molecule has 1 aromatic heterocycles. The molecule has 1 aromatic carbocycles. The largest absolute Gasteiger partial charge is 0.444 e. The van der Waals surface area contributed by atoms with E-state index < -0.39 is 28.2 Å². The SMILES string of the molecule is CN1CCN(CCC(=O)Nc2ccc3c(=O)n(CC4(O)CCN(C(=O)CC(C)(C)CC(C)(C)NC(=O)OC(C)(C)C)CC4)cnc3c2)CC1. The van der Waals surface area contributed by atoms with Crippen molar-refractivity contribution in [2.75, 3.05) is 58.2 Å². The number of alkyl carbamates (subject to hydrolysis) is 1. The molecule has 4 rings (SSSR count). The number of likely N-dealkylation sites (tertiary alicyclic amines) is 1. The van der Waals surface area contributed by atoms with Gasteiger partial charge in [0.2, 0.25) is 11.8 Å². The summed E-state index contributed by atoms with van der Waals surface area (Å²) in [6.45, 7) is 18.7. The third-order valence-corrected chi connectivity index (χ3v) is 9.26. The lowest BCUT2D eigenvalue weighted by atomic mass is 9.77. The number of ether oxygens (including phenoxy) is 1. The van der Waals surface area contributed by atoms with Gasteiger partial charge in [-0.3, -0.25) is 19.0 Å². The van der Waals surface area contributed by atoms with E-state index >= 15 is 0 Å². The molecule has 272 valence electrons. The molecule has 2 aliphatic heterocycles. The number of piperazine rings is 1. The first kappa shape index (κ1) is 38.3. The van der Waals surface area contributed by atoms with Crippen LogP contribution in [-0.4, -0.2) is 117 Å². The van der Waals surface area contributed by atoms with E-state index in [1.54, 1.807) is 23.1 Å². The molecule has 13 heteroatoms. The Hall–Kier alpha value is -3.55. The highest BCUT2D eigenvalue weighted by molar-refractivity contribution is 5.93. The van der Waals surface area contributed by atoms with Gasteiger partial charge in [0.1, 0.15) is 5.60 Å². The van der Waals surface area contributed by atoms with Crippen LogP contribution in [0.4, 0.5) is 10.5 Å². The highest BCUT2D eigenvalue weighted by atomic mass is 16.6. The Balaban J connectivity index is 1.28. The quantitative estimate of drug-likeness (QED) is 0.324. The smallest absolute Gasteiger partial charge is 0.408 e. The van der Waals surface area contributed by atoms with Gasteiger partial charge in [0.15, 0.2) is 0 Å². The summed E-state index contributed by atoms with van der Waals surface area (Å²) in [5.41, 5.74) is -1.97. The molecule has 3 heterocycles. The Morgan fingerprint density at radius 1 is 0.980 bits per heavy atom. The summed E-state index contributed by atoms with van der Waals surface area (Å²) < 4.78 is 6.84. The van der Waals surface area contributed by atoms with Gasteiger partial charge in [-0.25, -0.2) is 9.78 Å². The van der Waals surface area contributed by atoms with Crippen LogP contribution in [0, 0.1) is 5.41 Å². The van der Waals surface area contributed by atoms with Crippen LogP contribution < -0.4 is 16.2 Å². The highest BCUT2D eigenvalue weighted by Gasteiger charge is 2.38. The zero-order chi connectivity index (χ0) is 36.2. The topological polar surface area (TPSA) is 149 Å². The zero-order valence-electron chi connectivity index (χ0n) is 30.7. The number of carbonyl (C=O) groups is 3. The van der Waals surface area contributed by atoms with E-state index in [1.807, 2.05) is 48.5 Å². The normalized spacial score (nSPS) is 17.9. The Morgan fingerprint density at radius 3 is 2.27 bits per heavy atom. The lowest BCUT2D eigenvalue weighted by Gasteiger charge is -2.40. The van der Waals surface area contributed by atoms with Crippen LogP contribution in [0.25, 0.3) is 10.9 Å². The molecule has 0 unspecified atom stereocenters. The van der Waals surface area contributed by atoms with E-state index in [4.69, 9.17) is 4.74 Å². The molecule has 2 aromatic rings. The number of piperidine rings is 1. The molecule has 2 fully saturated rings. The average molecular weight is 684 g/mol. The van der Waals surface area contributed by atoms with Crippen molar-refractivity contribution in [3.63, 3.8) is 0 Å². The van der Waals surface area contributed by atoms with Gasteiger partial charge in [-0.2, -0.15) is 0 Å². The van der Waals surface area contributed by atoms with Crippen molar-refractivity contribution in [1.82, 2.24) is 29.6 Å². The van der Waals surface area contributed by atoms with E-state index in [-0.39, 0.29) is 30.3 Å². The summed E-state index contributed by atoms with van der Waals surface area (Å²) in [6, 6.07) is 5.07. The number of nitrogens with zero attached hydrogens (tertiary/aromatic N) is 5. The summed E-state index contributed by atoms with van der Waals surface area (Å²) >= 11 is 0. The summed E-state index contributed by atoms with van der Waals surface area (Å²) in [5, 5.41) is 17.7. The van der Waals surface area contributed by atoms with Crippen molar-refractivity contribution in [2.45, 2.75) is 104 Å². The number of hydrogen-bond donors (Lipinski definition) is 3. The second-order valence-electron chi connectivity index (χ2n) is 16.5. The molecule has 3 N–H and O–H groups in total. The van der Waals surface area contributed by atoms with Gasteiger partial charge >= 0.3 is 6.09 Å². The highest BCUT2D eigenvalue weighted by Crippen LogP contribution is 2.33. The van der Waals surface area contributed by atoms with Gasteiger partial charge in [-0.1, -0.05) is 13.8 Å². The second-order valence-corrected chi connectivity index (χ2v) is 16.5. The molecule has 2 aliphatic rings. The number of anilines is 1. The summed E-state index contributed by atoms with van der Waals surface area (Å²) in [4.78, 5) is 62.5. The van der Waals surface area contributed by atoms with E-state index in [1.165, 1.54) is 10.9 Å². The Labute approximate surface area is 290 Å². The summed E-state index contributed by atoms with van der Waals surface area (Å²) in [5.74, 6) is -0.0897. The van der Waals surface area contributed by atoms with Gasteiger partial charge in [0.25, 0.3) is 5.56 Å². The van der Waals surface area contributed by atoms with Crippen molar-refractivity contribution in [1.29, 1.82) is 0 Å². The molecule has 0 saturated carbocycles. The van der Waals surface area contributed by atoms with E-state index in [0.29, 0.717) is 61.9 Å². The molecule has 0 spiro atoms. The van der Waals surface area contributed by atoms with Crippen LogP contribution in [0.15, 0.2) is 29.3 Å². The fraction of sp³-hybridized carbons (Fsp3) is 0.694. The number of fused-ring (bicyclic) bond motifs is 1. The predicted molar refractivity (Wildman–Crippen MR) is 190 cm³/mol. The Bertz CT molecular complexity index is 1550. The minimum atomic E-state index is -1.16. The minimum Gasteiger partial charge on any atom is -0.444 e. The maximum atomic E-state index is 13.4. The van der Waals surface area contributed by atoms with E-state index in [2.05, 4.69) is 32.5 Å². The van der Waals surface area contributed by atoms with Crippen LogP contribution in [0.3, 0.4) is 0 Å². The maximum absolute atomic E-state index is 13.4. The zero-order valence-corrected chi connectivity index (χ0v) is 30.7. The van der Waals surface area contributed by atoms with Crippen LogP contribution in [0.1, 0.15) is 80.6 Å². The second kappa shape index (κ2) is 15.1. The van der Waals surface area contributed by atoms with Gasteiger partial charge in [0.05, 0.1) is 29.4 Å². The van der Waals surface area contributed by atoms with E-state index in [9.17, 15) is 24.3 Å². The van der Waals surface area contributed by atoms with Crippen molar-refractivity contribution < 1.29 is 24.2 Å². The van der Waals surface area contributed by atoms with Crippen molar-refractivity contribution >= 4 is 34.5 Å². The fourth-order valence-corrected chi connectivity index (χ4v) is 6.96. The van der Waals surface area contributed by atoms with Gasteiger partial charge < -0.3 is 35.2 Å². The standard InChI is InChI=1S/C36H57N7O6/c1-33(2,3)49-32(47)39-35(6,7)23-34(4,5)22-30(45)42-15-12-36(48,13-16-42)24-43-25-37-28-21-26(9-10-27(28)31(43)46)38-29(44)11-14-41-19-17-40(8)18-20-41/h9-10,21,25,48H,11-20,22-24H2,1-8H3,(H,38,44)(H,39,47). The molecule has 2 saturated heterocycles. The van der Waals surface area contributed by atoms with Crippen LogP contribution >= 0.6 is 0 Å². The molecule has 0 aliphatic carbocycles. The lowest BCUT2D eigenvalue weighted by Crippen LogP contribution is -2.51. The van der Waals surface area contributed by atoms with Gasteiger partial charge in [-0.05, 0) is 84.5 Å². The number of aliphatic hydroxyl groups is 1. The van der Waals surface area contributed by atoms with Crippen molar-refractivity contribution in [3.05, 3.63) is 34.9 Å². The molecule has 0 radical (unpaired) electrons. The Kier molecular flexibility index (Phi) is 11.8. The number of rotatable bonds is 11. The monoisotopic (exact) mass is 683 g/mol. The van der Waals surface area contributed by atoms with Gasteiger partial charge in [-0.15, -0.1) is 0 Å². The molecular formula is C36H57N7O6. The number of benzene rings is 1. The maximum Gasteiger partial charge on any atom is 0.408 e. The third-order valence-electron chi connectivity index (χ3n) is 9.26. The first-order chi connectivity index (χ1) is 22.7. The van der Waals surface area contributed by atoms with Crippen LogP contribution in [0.2, 0.25) is 0 Å². The first-order valence-corrected chi connectivity index (χ1v) is 17.4. The minimum absolute atomic E-state index is 0.00752. The fourth-order valence-electron chi connectivity index (χ4n) is 6.96. The van der Waals surface area contributed by atoms with Gasteiger partial charge in [0, 0.05) is 69.9 Å². The molecule has 0 atom stereocenters. The number of likely N-dealkylation sites (N-methyl/N-ethyl adjacent to an activating group) is 1. The molecule has 0 bridgehead atoms. The number of aromatic nitrogens is 2. The number of amides is 3. The first-order valence-electron chi connectivity index (χ1n) is 17.4.